The third kappa shape index (κ3) is 2.69. The van der Waals surface area contributed by atoms with Crippen LogP contribution in [0.25, 0.3) is 0 Å². The number of nitrogens with zero attached hydrogens (tertiary/aromatic N) is 2. The van der Waals surface area contributed by atoms with Crippen LogP contribution in [-0.2, 0) is 12.8 Å². The molecule has 1 heterocycles. The van der Waals surface area contributed by atoms with Crippen LogP contribution in [0, 0.1) is 16.0 Å². The first-order chi connectivity index (χ1) is 10.5. The van der Waals surface area contributed by atoms with Crippen molar-refractivity contribution in [3.05, 3.63) is 51.2 Å². The molecule has 0 bridgehead atoms. The van der Waals surface area contributed by atoms with Crippen molar-refractivity contribution >= 4 is 17.5 Å². The maximum absolute atomic E-state index is 12.2. The highest BCUT2D eigenvalue weighted by molar-refractivity contribution is 6.04. The molecule has 0 fully saturated rings. The molecule has 0 spiro atoms. The van der Waals surface area contributed by atoms with Crippen molar-refractivity contribution in [2.75, 3.05) is 5.32 Å². The van der Waals surface area contributed by atoms with E-state index in [1.54, 1.807) is 0 Å². The number of carbonyl (C=O) groups is 1. The molecule has 1 aliphatic carbocycles. The molecule has 7 heteroatoms. The van der Waals surface area contributed by atoms with Crippen LogP contribution >= 0.6 is 0 Å². The molecule has 0 unspecified atom stereocenters. The summed E-state index contributed by atoms with van der Waals surface area (Å²) in [5.74, 6) is 0.416. The van der Waals surface area contributed by atoms with E-state index in [2.05, 4.69) is 17.4 Å². The standard InChI is InChI=1S/C15H15N3O4/c1-9-5-6-13-12(7-9)15(22-17-13)16-14(19)10-3-2-4-11(8-10)18(20)21/h2-4,8-9H,5-7H2,1H3,(H,16,19)/t9-/m1/s1. The Morgan fingerprint density at radius 3 is 3.09 bits per heavy atom. The Bertz CT molecular complexity index is 738. The van der Waals surface area contributed by atoms with E-state index in [1.807, 2.05) is 0 Å². The Morgan fingerprint density at radius 1 is 1.50 bits per heavy atom. The average molecular weight is 301 g/mol. The van der Waals surface area contributed by atoms with Crippen LogP contribution in [0.4, 0.5) is 11.6 Å². The second kappa shape index (κ2) is 5.59. The first kappa shape index (κ1) is 14.2. The van der Waals surface area contributed by atoms with Crippen molar-refractivity contribution in [2.45, 2.75) is 26.2 Å². The molecule has 22 heavy (non-hydrogen) atoms. The second-order valence-corrected chi connectivity index (χ2v) is 5.55. The lowest BCUT2D eigenvalue weighted by Gasteiger charge is -2.16. The zero-order valence-electron chi connectivity index (χ0n) is 12.0. The van der Waals surface area contributed by atoms with Crippen LogP contribution in [0.3, 0.4) is 0 Å². The third-order valence-corrected chi connectivity index (χ3v) is 3.84. The van der Waals surface area contributed by atoms with Gasteiger partial charge in [-0.1, -0.05) is 18.1 Å². The molecule has 3 rings (SSSR count). The molecule has 0 radical (unpaired) electrons. The van der Waals surface area contributed by atoms with E-state index in [-0.39, 0.29) is 11.3 Å². The van der Waals surface area contributed by atoms with E-state index in [9.17, 15) is 14.9 Å². The van der Waals surface area contributed by atoms with Crippen molar-refractivity contribution in [1.29, 1.82) is 0 Å². The zero-order chi connectivity index (χ0) is 15.7. The third-order valence-electron chi connectivity index (χ3n) is 3.84. The van der Waals surface area contributed by atoms with Crippen LogP contribution in [-0.4, -0.2) is 16.0 Å². The number of aromatic nitrogens is 1. The number of amides is 1. The lowest BCUT2D eigenvalue weighted by atomic mass is 9.89. The monoisotopic (exact) mass is 301 g/mol. The highest BCUT2D eigenvalue weighted by Gasteiger charge is 2.24. The molecule has 114 valence electrons. The number of anilines is 1. The number of nitro benzene ring substituents is 1. The summed E-state index contributed by atoms with van der Waals surface area (Å²) in [6, 6.07) is 5.58. The molecule has 1 aromatic carbocycles. The van der Waals surface area contributed by atoms with Crippen molar-refractivity contribution in [3.63, 3.8) is 0 Å². The lowest BCUT2D eigenvalue weighted by molar-refractivity contribution is -0.384. The fourth-order valence-corrected chi connectivity index (χ4v) is 2.62. The molecule has 7 nitrogen and oxygen atoms in total. The Labute approximate surface area is 126 Å². The topological polar surface area (TPSA) is 98.3 Å². The molecule has 1 amide bonds. The summed E-state index contributed by atoms with van der Waals surface area (Å²) in [7, 11) is 0. The van der Waals surface area contributed by atoms with E-state index in [4.69, 9.17) is 4.52 Å². The fourth-order valence-electron chi connectivity index (χ4n) is 2.62. The molecule has 0 aliphatic heterocycles. The van der Waals surface area contributed by atoms with E-state index < -0.39 is 10.8 Å². The fraction of sp³-hybridized carbons (Fsp3) is 0.333. The number of non-ortho nitro benzene ring substituents is 1. The number of carbonyl (C=O) groups excluding carboxylic acids is 1. The number of hydrogen-bond donors (Lipinski definition) is 1. The van der Waals surface area contributed by atoms with Gasteiger partial charge in [-0.2, -0.15) is 0 Å². The summed E-state index contributed by atoms with van der Waals surface area (Å²) in [6.07, 6.45) is 2.70. The van der Waals surface area contributed by atoms with Gasteiger partial charge in [0.1, 0.15) is 0 Å². The zero-order valence-corrected chi connectivity index (χ0v) is 12.0. The number of nitrogens with one attached hydrogen (secondary N) is 1. The molecule has 2 aromatic rings. The van der Waals surface area contributed by atoms with E-state index in [0.717, 1.165) is 30.5 Å². The smallest absolute Gasteiger partial charge is 0.270 e. The molecule has 0 saturated heterocycles. The van der Waals surface area contributed by atoms with Gasteiger partial charge in [-0.25, -0.2) is 0 Å². The molecule has 1 aromatic heterocycles. The van der Waals surface area contributed by atoms with Gasteiger partial charge in [-0.3, -0.25) is 20.2 Å². The van der Waals surface area contributed by atoms with E-state index >= 15 is 0 Å². The minimum atomic E-state index is -0.533. The van der Waals surface area contributed by atoms with Gasteiger partial charge in [0, 0.05) is 23.3 Å². The Kier molecular flexibility index (Phi) is 3.62. The number of nitro groups is 1. The summed E-state index contributed by atoms with van der Waals surface area (Å²) < 4.78 is 5.22. The van der Waals surface area contributed by atoms with Gasteiger partial charge in [-0.15, -0.1) is 0 Å². The average Bonchev–Trinajstić information content (AvgIpc) is 2.89. The Balaban J connectivity index is 1.82. The number of hydrogen-bond acceptors (Lipinski definition) is 5. The molecular weight excluding hydrogens is 286 g/mol. The van der Waals surface area contributed by atoms with Crippen LogP contribution < -0.4 is 5.32 Å². The number of rotatable bonds is 3. The summed E-state index contributed by atoms with van der Waals surface area (Å²) >= 11 is 0. The van der Waals surface area contributed by atoms with Gasteiger partial charge in [0.2, 0.25) is 5.88 Å². The van der Waals surface area contributed by atoms with Gasteiger partial charge in [0.25, 0.3) is 11.6 Å². The first-order valence-electron chi connectivity index (χ1n) is 7.08. The Hall–Kier alpha value is -2.70. The van der Waals surface area contributed by atoms with Crippen LogP contribution in [0.5, 0.6) is 0 Å². The predicted octanol–water partition coefficient (Wildman–Crippen LogP) is 2.96. The van der Waals surface area contributed by atoms with Gasteiger partial charge < -0.3 is 4.52 Å². The van der Waals surface area contributed by atoms with E-state index in [0.29, 0.717) is 11.8 Å². The largest absolute Gasteiger partial charge is 0.338 e. The quantitative estimate of drug-likeness (QED) is 0.694. The SMILES string of the molecule is C[C@@H]1CCc2noc(NC(=O)c3cccc([N+](=O)[O-])c3)c2C1. The van der Waals surface area contributed by atoms with Crippen molar-refractivity contribution in [1.82, 2.24) is 5.16 Å². The molecule has 1 N–H and O–H groups in total. The van der Waals surface area contributed by atoms with Crippen LogP contribution in [0.2, 0.25) is 0 Å². The Morgan fingerprint density at radius 2 is 2.32 bits per heavy atom. The van der Waals surface area contributed by atoms with Crippen molar-refractivity contribution in [2.24, 2.45) is 5.92 Å². The van der Waals surface area contributed by atoms with Crippen molar-refractivity contribution < 1.29 is 14.2 Å². The molecular formula is C15H15N3O4. The minimum absolute atomic E-state index is 0.124. The van der Waals surface area contributed by atoms with E-state index in [1.165, 1.54) is 24.3 Å². The van der Waals surface area contributed by atoms with Crippen molar-refractivity contribution in [3.8, 4) is 0 Å². The lowest BCUT2D eigenvalue weighted by Crippen LogP contribution is -2.15. The van der Waals surface area contributed by atoms with Gasteiger partial charge in [0.05, 0.1) is 10.6 Å². The van der Waals surface area contributed by atoms with Crippen LogP contribution in [0.15, 0.2) is 28.8 Å². The summed E-state index contributed by atoms with van der Waals surface area (Å²) in [5.41, 5.74) is 1.90. The summed E-state index contributed by atoms with van der Waals surface area (Å²) in [4.78, 5) is 22.5. The predicted molar refractivity (Wildman–Crippen MR) is 78.7 cm³/mol. The van der Waals surface area contributed by atoms with Gasteiger partial charge in [-0.05, 0) is 31.2 Å². The maximum Gasteiger partial charge on any atom is 0.270 e. The number of aryl methyl sites for hydroxylation is 1. The van der Waals surface area contributed by atoms with Crippen LogP contribution in [0.1, 0.15) is 35.0 Å². The minimum Gasteiger partial charge on any atom is -0.338 e. The summed E-state index contributed by atoms with van der Waals surface area (Å²) in [5, 5.41) is 17.4. The normalized spacial score (nSPS) is 16.9. The molecule has 1 aliphatic rings. The number of fused-ring (bicyclic) bond motifs is 1. The highest BCUT2D eigenvalue weighted by Crippen LogP contribution is 2.30. The highest BCUT2D eigenvalue weighted by atomic mass is 16.6. The van der Waals surface area contributed by atoms with Gasteiger partial charge in [0.15, 0.2) is 0 Å². The maximum atomic E-state index is 12.2. The summed E-state index contributed by atoms with van der Waals surface area (Å²) in [6.45, 7) is 2.14. The first-order valence-corrected chi connectivity index (χ1v) is 7.08. The number of benzene rings is 1. The second-order valence-electron chi connectivity index (χ2n) is 5.55. The molecule has 1 atom stereocenters. The molecule has 0 saturated carbocycles. The van der Waals surface area contributed by atoms with Gasteiger partial charge >= 0.3 is 0 Å².